The zero-order valence-corrected chi connectivity index (χ0v) is 17.6. The molecule has 0 aliphatic carbocycles. The van der Waals surface area contributed by atoms with Gasteiger partial charge in [0.25, 0.3) is 0 Å². The Balaban J connectivity index is 1.78. The summed E-state index contributed by atoms with van der Waals surface area (Å²) in [4.78, 5) is 14.8. The molecule has 1 aliphatic rings. The lowest BCUT2D eigenvalue weighted by Crippen LogP contribution is -2.42. The van der Waals surface area contributed by atoms with Crippen LogP contribution in [0.25, 0.3) is 21.3 Å². The van der Waals surface area contributed by atoms with Gasteiger partial charge in [0.1, 0.15) is 10.6 Å². The number of aromatic nitrogens is 2. The number of rotatable bonds is 4. The molecule has 4 nitrogen and oxygen atoms in total. The molecule has 1 fully saturated rings. The molecule has 142 valence electrons. The SMILES string of the molecule is CCc1ccc(-c2csc3nc(Cl)nc(N(C)C4CCN(C)CC4)c23)cc1. The Morgan fingerprint density at radius 3 is 2.56 bits per heavy atom. The van der Waals surface area contributed by atoms with Crippen molar-refractivity contribution in [2.75, 3.05) is 32.1 Å². The molecule has 1 aromatic carbocycles. The summed E-state index contributed by atoms with van der Waals surface area (Å²) in [6.07, 6.45) is 3.33. The summed E-state index contributed by atoms with van der Waals surface area (Å²) < 4.78 is 0. The highest BCUT2D eigenvalue weighted by molar-refractivity contribution is 7.17. The predicted molar refractivity (Wildman–Crippen MR) is 116 cm³/mol. The van der Waals surface area contributed by atoms with Gasteiger partial charge in [-0.3, -0.25) is 0 Å². The first kappa shape index (κ1) is 18.7. The third kappa shape index (κ3) is 3.68. The molecule has 0 spiro atoms. The molecule has 3 aromatic rings. The van der Waals surface area contributed by atoms with E-state index in [0.717, 1.165) is 48.4 Å². The first-order valence-corrected chi connectivity index (χ1v) is 10.8. The Bertz CT molecular complexity index is 929. The monoisotopic (exact) mass is 400 g/mol. The number of likely N-dealkylation sites (tertiary alicyclic amines) is 1. The predicted octanol–water partition coefficient (Wildman–Crippen LogP) is 5.10. The molecular weight excluding hydrogens is 376 g/mol. The van der Waals surface area contributed by atoms with E-state index < -0.39 is 0 Å². The van der Waals surface area contributed by atoms with Crippen LogP contribution >= 0.6 is 22.9 Å². The van der Waals surface area contributed by atoms with Crippen LogP contribution in [0.3, 0.4) is 0 Å². The molecule has 3 heterocycles. The quantitative estimate of drug-likeness (QED) is 0.570. The highest BCUT2D eigenvalue weighted by atomic mass is 35.5. The van der Waals surface area contributed by atoms with Crippen LogP contribution in [-0.4, -0.2) is 48.1 Å². The molecule has 1 aliphatic heterocycles. The van der Waals surface area contributed by atoms with E-state index in [2.05, 4.69) is 70.4 Å². The molecular formula is C21H25ClN4S. The number of benzene rings is 1. The molecule has 0 unspecified atom stereocenters. The van der Waals surface area contributed by atoms with Gasteiger partial charge in [-0.15, -0.1) is 11.3 Å². The van der Waals surface area contributed by atoms with Crippen molar-refractivity contribution in [1.29, 1.82) is 0 Å². The molecule has 27 heavy (non-hydrogen) atoms. The van der Waals surface area contributed by atoms with Crippen LogP contribution in [0.4, 0.5) is 5.82 Å². The lowest BCUT2D eigenvalue weighted by Gasteiger charge is -2.36. The summed E-state index contributed by atoms with van der Waals surface area (Å²) in [5, 5.41) is 3.63. The minimum atomic E-state index is 0.326. The smallest absolute Gasteiger partial charge is 0.225 e. The van der Waals surface area contributed by atoms with Crippen molar-refractivity contribution in [3.8, 4) is 11.1 Å². The summed E-state index contributed by atoms with van der Waals surface area (Å²) in [5.41, 5.74) is 3.76. The van der Waals surface area contributed by atoms with Crippen molar-refractivity contribution < 1.29 is 0 Å². The fourth-order valence-corrected chi connectivity index (χ4v) is 5.00. The van der Waals surface area contributed by atoms with Crippen molar-refractivity contribution in [2.24, 2.45) is 0 Å². The van der Waals surface area contributed by atoms with Crippen LogP contribution in [0.5, 0.6) is 0 Å². The van der Waals surface area contributed by atoms with Crippen molar-refractivity contribution in [3.05, 3.63) is 40.5 Å². The van der Waals surface area contributed by atoms with Crippen molar-refractivity contribution >= 4 is 39.0 Å². The number of nitrogens with zero attached hydrogens (tertiary/aromatic N) is 4. The molecule has 0 bridgehead atoms. The van der Waals surface area contributed by atoms with Gasteiger partial charge in [-0.25, -0.2) is 4.98 Å². The van der Waals surface area contributed by atoms with Gasteiger partial charge in [0.15, 0.2) is 0 Å². The van der Waals surface area contributed by atoms with Gasteiger partial charge >= 0.3 is 0 Å². The van der Waals surface area contributed by atoms with E-state index in [4.69, 9.17) is 11.6 Å². The van der Waals surface area contributed by atoms with Gasteiger partial charge in [-0.2, -0.15) is 4.98 Å². The second kappa shape index (κ2) is 7.74. The molecule has 0 radical (unpaired) electrons. The average Bonchev–Trinajstić information content (AvgIpc) is 3.11. The Morgan fingerprint density at radius 1 is 1.19 bits per heavy atom. The average molecular weight is 401 g/mol. The van der Waals surface area contributed by atoms with E-state index in [9.17, 15) is 0 Å². The summed E-state index contributed by atoms with van der Waals surface area (Å²) in [6, 6.07) is 9.29. The van der Waals surface area contributed by atoms with E-state index in [1.807, 2.05) is 0 Å². The zero-order valence-electron chi connectivity index (χ0n) is 16.1. The van der Waals surface area contributed by atoms with E-state index >= 15 is 0 Å². The lowest BCUT2D eigenvalue weighted by atomic mass is 10.0. The number of anilines is 1. The third-order valence-electron chi connectivity index (χ3n) is 5.63. The maximum absolute atomic E-state index is 6.27. The molecule has 0 amide bonds. The van der Waals surface area contributed by atoms with Crippen LogP contribution in [0.15, 0.2) is 29.6 Å². The second-order valence-corrected chi connectivity index (χ2v) is 8.54. The minimum Gasteiger partial charge on any atom is -0.356 e. The standard InChI is InChI=1S/C21H25ClN4S/c1-4-14-5-7-15(8-6-14)17-13-27-20-18(17)19(23-21(22)24-20)26(3)16-9-11-25(2)12-10-16/h5-8,13,16H,4,9-12H2,1-3H3. The number of aryl methyl sites for hydroxylation is 1. The number of piperidine rings is 1. The minimum absolute atomic E-state index is 0.326. The highest BCUT2D eigenvalue weighted by Gasteiger charge is 2.25. The lowest BCUT2D eigenvalue weighted by molar-refractivity contribution is 0.252. The topological polar surface area (TPSA) is 32.3 Å². The van der Waals surface area contributed by atoms with Gasteiger partial charge < -0.3 is 9.80 Å². The molecule has 0 atom stereocenters. The van der Waals surface area contributed by atoms with Crippen molar-refractivity contribution in [1.82, 2.24) is 14.9 Å². The summed E-state index contributed by atoms with van der Waals surface area (Å²) in [6.45, 7) is 4.41. The van der Waals surface area contributed by atoms with Crippen LogP contribution in [0.1, 0.15) is 25.3 Å². The molecule has 1 saturated heterocycles. The number of hydrogen-bond acceptors (Lipinski definition) is 5. The van der Waals surface area contributed by atoms with Crippen molar-refractivity contribution in [2.45, 2.75) is 32.2 Å². The first-order valence-electron chi connectivity index (χ1n) is 9.52. The fourth-order valence-electron chi connectivity index (χ4n) is 3.84. The van der Waals surface area contributed by atoms with Gasteiger partial charge in [0.05, 0.1) is 5.39 Å². The number of thiophene rings is 1. The van der Waals surface area contributed by atoms with Crippen LogP contribution in [0.2, 0.25) is 5.28 Å². The maximum atomic E-state index is 6.27. The Labute approximate surface area is 169 Å². The summed E-state index contributed by atoms with van der Waals surface area (Å²) in [7, 11) is 4.34. The van der Waals surface area contributed by atoms with Crippen LogP contribution < -0.4 is 4.90 Å². The number of fused-ring (bicyclic) bond motifs is 1. The Kier molecular flexibility index (Phi) is 5.35. The highest BCUT2D eigenvalue weighted by Crippen LogP contribution is 2.39. The van der Waals surface area contributed by atoms with Gasteiger partial charge in [0, 0.05) is 24.0 Å². The Hall–Kier alpha value is -1.69. The largest absolute Gasteiger partial charge is 0.356 e. The maximum Gasteiger partial charge on any atom is 0.225 e. The summed E-state index contributed by atoms with van der Waals surface area (Å²) >= 11 is 7.92. The zero-order chi connectivity index (χ0) is 19.0. The third-order valence-corrected chi connectivity index (χ3v) is 6.67. The van der Waals surface area contributed by atoms with Gasteiger partial charge in [0.2, 0.25) is 5.28 Å². The number of halogens is 1. The second-order valence-electron chi connectivity index (χ2n) is 7.34. The van der Waals surface area contributed by atoms with Crippen LogP contribution in [0, 0.1) is 0 Å². The first-order chi connectivity index (χ1) is 13.1. The van der Waals surface area contributed by atoms with Gasteiger partial charge in [-0.05, 0) is 62.1 Å². The fraction of sp³-hybridized carbons (Fsp3) is 0.429. The molecule has 6 heteroatoms. The molecule has 2 aromatic heterocycles. The molecule has 4 rings (SSSR count). The van der Waals surface area contributed by atoms with E-state index in [-0.39, 0.29) is 0 Å². The molecule has 0 N–H and O–H groups in total. The van der Waals surface area contributed by atoms with E-state index in [0.29, 0.717) is 11.3 Å². The Morgan fingerprint density at radius 2 is 1.89 bits per heavy atom. The summed E-state index contributed by atoms with van der Waals surface area (Å²) in [5.74, 6) is 0.954. The van der Waals surface area contributed by atoms with Crippen molar-refractivity contribution in [3.63, 3.8) is 0 Å². The number of hydrogen-bond donors (Lipinski definition) is 0. The molecule has 0 saturated carbocycles. The normalized spacial score (nSPS) is 16.1. The van der Waals surface area contributed by atoms with Gasteiger partial charge in [-0.1, -0.05) is 31.2 Å². The van der Waals surface area contributed by atoms with Crippen LogP contribution in [-0.2, 0) is 6.42 Å². The van der Waals surface area contributed by atoms with E-state index in [1.165, 1.54) is 16.7 Å². The van der Waals surface area contributed by atoms with E-state index in [1.54, 1.807) is 11.3 Å².